The van der Waals surface area contributed by atoms with Crippen molar-refractivity contribution in [1.82, 2.24) is 0 Å². The van der Waals surface area contributed by atoms with Crippen LogP contribution in [0.3, 0.4) is 0 Å². The van der Waals surface area contributed by atoms with Gasteiger partial charge in [-0.05, 0) is 28.9 Å². The number of ether oxygens (including phenoxy) is 2. The van der Waals surface area contributed by atoms with Crippen LogP contribution in [-0.4, -0.2) is 19.2 Å². The van der Waals surface area contributed by atoms with Crippen LogP contribution in [0, 0.1) is 0 Å². The highest BCUT2D eigenvalue weighted by molar-refractivity contribution is 9.10. The zero-order chi connectivity index (χ0) is 13.7. The molecule has 0 aliphatic rings. The van der Waals surface area contributed by atoms with E-state index in [1.54, 1.807) is 6.92 Å². The van der Waals surface area contributed by atoms with Crippen molar-refractivity contribution in [2.24, 2.45) is 0 Å². The fourth-order valence-electron chi connectivity index (χ4n) is 1.30. The molecule has 0 spiro atoms. The van der Waals surface area contributed by atoms with E-state index in [9.17, 15) is 13.6 Å². The van der Waals surface area contributed by atoms with E-state index in [1.165, 1.54) is 12.1 Å². The van der Waals surface area contributed by atoms with Gasteiger partial charge in [0.05, 0.1) is 22.5 Å². The lowest BCUT2D eigenvalue weighted by Gasteiger charge is -2.13. The predicted molar refractivity (Wildman–Crippen MR) is 66.1 cm³/mol. The summed E-state index contributed by atoms with van der Waals surface area (Å²) in [4.78, 5) is 11.3. The van der Waals surface area contributed by atoms with Crippen molar-refractivity contribution in [3.05, 3.63) is 27.2 Å². The summed E-state index contributed by atoms with van der Waals surface area (Å²) in [7, 11) is 0. The van der Waals surface area contributed by atoms with Gasteiger partial charge in [-0.1, -0.05) is 17.7 Å². The zero-order valence-corrected chi connectivity index (χ0v) is 11.7. The van der Waals surface area contributed by atoms with Crippen LogP contribution in [0.5, 0.6) is 5.75 Å². The molecule has 7 heteroatoms. The van der Waals surface area contributed by atoms with Gasteiger partial charge in [-0.15, -0.1) is 0 Å². The van der Waals surface area contributed by atoms with Crippen molar-refractivity contribution in [3.8, 4) is 5.75 Å². The lowest BCUT2D eigenvalue weighted by Crippen LogP contribution is -2.11. The van der Waals surface area contributed by atoms with Crippen LogP contribution in [0.1, 0.15) is 12.5 Å². The summed E-state index contributed by atoms with van der Waals surface area (Å²) in [6.45, 7) is -1.12. The number of alkyl halides is 2. The maximum Gasteiger partial charge on any atom is 0.387 e. The highest BCUT2D eigenvalue weighted by Crippen LogP contribution is 2.36. The summed E-state index contributed by atoms with van der Waals surface area (Å²) in [6.07, 6.45) is -0.161. The second kappa shape index (κ2) is 6.89. The van der Waals surface area contributed by atoms with Crippen molar-refractivity contribution in [2.45, 2.75) is 20.0 Å². The molecule has 3 nitrogen and oxygen atoms in total. The predicted octanol–water partition coefficient (Wildman–Crippen LogP) is 3.81. The normalized spacial score (nSPS) is 10.6. The molecule has 0 saturated carbocycles. The van der Waals surface area contributed by atoms with Gasteiger partial charge in [0.15, 0.2) is 0 Å². The molecule has 0 aliphatic heterocycles. The van der Waals surface area contributed by atoms with Crippen LogP contribution in [-0.2, 0) is 16.0 Å². The molecular weight excluding hydrogens is 333 g/mol. The molecule has 100 valence electrons. The minimum absolute atomic E-state index is 0.148. The topological polar surface area (TPSA) is 35.5 Å². The fourth-order valence-corrected chi connectivity index (χ4v) is 1.92. The number of rotatable bonds is 5. The summed E-state index contributed by atoms with van der Waals surface area (Å²) in [5.74, 6) is -0.670. The smallest absolute Gasteiger partial charge is 0.387 e. The van der Waals surface area contributed by atoms with Crippen LogP contribution in [0.4, 0.5) is 8.78 Å². The van der Waals surface area contributed by atoms with Gasteiger partial charge in [0, 0.05) is 5.56 Å². The molecule has 0 amide bonds. The third-order valence-corrected chi connectivity index (χ3v) is 3.31. The first-order valence-electron chi connectivity index (χ1n) is 5.03. The molecule has 0 aromatic heterocycles. The minimum atomic E-state index is -3.00. The maximum atomic E-state index is 12.3. The van der Waals surface area contributed by atoms with Gasteiger partial charge in [-0.3, -0.25) is 4.79 Å². The van der Waals surface area contributed by atoms with Crippen LogP contribution >= 0.6 is 27.5 Å². The molecule has 18 heavy (non-hydrogen) atoms. The third kappa shape index (κ3) is 4.10. The van der Waals surface area contributed by atoms with Crippen molar-refractivity contribution < 1.29 is 23.0 Å². The summed E-state index contributed by atoms with van der Waals surface area (Å²) in [5.41, 5.74) is 0.282. The number of carbonyl (C=O) groups is 1. The molecule has 0 bridgehead atoms. The Morgan fingerprint density at radius 1 is 1.50 bits per heavy atom. The standard InChI is InChI=1S/C11H10BrClF2O3/c1-2-17-8(16)5-6-3-4-7(13)9(12)10(6)18-11(14)15/h3-4,11H,2,5H2,1H3. The molecular formula is C11H10BrClF2O3. The van der Waals surface area contributed by atoms with E-state index in [0.29, 0.717) is 0 Å². The summed E-state index contributed by atoms with van der Waals surface area (Å²) >= 11 is 8.83. The number of benzene rings is 1. The second-order valence-corrected chi connectivity index (χ2v) is 4.41. The number of halogens is 4. The Labute approximate surface area is 116 Å². The van der Waals surface area contributed by atoms with Crippen LogP contribution < -0.4 is 4.74 Å². The lowest BCUT2D eigenvalue weighted by atomic mass is 10.1. The Bertz CT molecular complexity index is 441. The van der Waals surface area contributed by atoms with Gasteiger partial charge in [-0.25, -0.2) is 0 Å². The summed E-state index contributed by atoms with van der Waals surface area (Å²) < 4.78 is 33.9. The Balaban J connectivity index is 3.02. The summed E-state index contributed by atoms with van der Waals surface area (Å²) in [6, 6.07) is 2.93. The molecule has 0 heterocycles. The number of carbonyl (C=O) groups excluding carboxylic acids is 1. The van der Waals surface area contributed by atoms with Crippen LogP contribution in [0.15, 0.2) is 16.6 Å². The molecule has 0 fully saturated rings. The van der Waals surface area contributed by atoms with E-state index < -0.39 is 12.6 Å². The van der Waals surface area contributed by atoms with E-state index in [4.69, 9.17) is 16.3 Å². The lowest BCUT2D eigenvalue weighted by molar-refractivity contribution is -0.142. The van der Waals surface area contributed by atoms with E-state index in [1.807, 2.05) is 0 Å². The first-order chi connectivity index (χ1) is 8.45. The van der Waals surface area contributed by atoms with Crippen molar-refractivity contribution in [1.29, 1.82) is 0 Å². The average molecular weight is 344 g/mol. The molecule has 0 N–H and O–H groups in total. The van der Waals surface area contributed by atoms with Crippen molar-refractivity contribution >= 4 is 33.5 Å². The Morgan fingerprint density at radius 2 is 2.17 bits per heavy atom. The number of hydrogen-bond acceptors (Lipinski definition) is 3. The van der Waals surface area contributed by atoms with Crippen molar-refractivity contribution in [2.75, 3.05) is 6.61 Å². The Kier molecular flexibility index (Phi) is 5.81. The molecule has 0 saturated heterocycles. The molecule has 0 atom stereocenters. The van der Waals surface area contributed by atoms with Crippen LogP contribution in [0.2, 0.25) is 5.02 Å². The minimum Gasteiger partial charge on any atom is -0.466 e. The van der Waals surface area contributed by atoms with Gasteiger partial charge in [0.1, 0.15) is 5.75 Å². The number of hydrogen-bond donors (Lipinski definition) is 0. The highest BCUT2D eigenvalue weighted by Gasteiger charge is 2.18. The maximum absolute atomic E-state index is 12.3. The molecule has 1 aromatic carbocycles. The Hall–Kier alpha value is -0.880. The van der Waals surface area contributed by atoms with E-state index in [-0.39, 0.29) is 33.8 Å². The zero-order valence-electron chi connectivity index (χ0n) is 9.38. The monoisotopic (exact) mass is 342 g/mol. The average Bonchev–Trinajstić information content (AvgIpc) is 2.28. The van der Waals surface area contributed by atoms with Gasteiger partial charge < -0.3 is 9.47 Å². The van der Waals surface area contributed by atoms with E-state index in [2.05, 4.69) is 20.7 Å². The second-order valence-electron chi connectivity index (χ2n) is 3.21. The van der Waals surface area contributed by atoms with Crippen molar-refractivity contribution in [3.63, 3.8) is 0 Å². The number of esters is 1. The van der Waals surface area contributed by atoms with Crippen LogP contribution in [0.25, 0.3) is 0 Å². The van der Waals surface area contributed by atoms with Gasteiger partial charge in [0.2, 0.25) is 0 Å². The highest BCUT2D eigenvalue weighted by atomic mass is 79.9. The van der Waals surface area contributed by atoms with E-state index in [0.717, 1.165) is 0 Å². The SMILES string of the molecule is CCOC(=O)Cc1ccc(Cl)c(Br)c1OC(F)F. The molecule has 1 rings (SSSR count). The third-order valence-electron chi connectivity index (χ3n) is 1.98. The van der Waals surface area contributed by atoms with Gasteiger partial charge >= 0.3 is 12.6 Å². The Morgan fingerprint density at radius 3 is 2.72 bits per heavy atom. The first-order valence-corrected chi connectivity index (χ1v) is 6.20. The quantitative estimate of drug-likeness (QED) is 0.763. The molecule has 0 aliphatic carbocycles. The summed E-state index contributed by atoms with van der Waals surface area (Å²) in [5, 5.41) is 0.221. The van der Waals surface area contributed by atoms with Gasteiger partial charge in [-0.2, -0.15) is 8.78 Å². The fraction of sp³-hybridized carbons (Fsp3) is 0.364. The largest absolute Gasteiger partial charge is 0.466 e. The van der Waals surface area contributed by atoms with Gasteiger partial charge in [0.25, 0.3) is 0 Å². The molecule has 0 unspecified atom stereocenters. The molecule has 0 radical (unpaired) electrons. The first kappa shape index (κ1) is 15.2. The molecule has 1 aromatic rings. The van der Waals surface area contributed by atoms with E-state index >= 15 is 0 Å².